The number of carbonyl (C=O) groups excluding carboxylic acids is 2. The number of likely N-dealkylation sites (N-methyl/N-ethyl adjacent to an activating group) is 1. The van der Waals surface area contributed by atoms with E-state index in [0.717, 1.165) is 5.56 Å². The minimum atomic E-state index is -0.127. The number of hydrogen-bond donors (Lipinski definition) is 2. The van der Waals surface area contributed by atoms with Crippen molar-refractivity contribution >= 4 is 29.9 Å². The van der Waals surface area contributed by atoms with E-state index in [2.05, 4.69) is 5.32 Å². The lowest BCUT2D eigenvalue weighted by molar-refractivity contribution is -0.132. The molecule has 0 spiro atoms. The van der Waals surface area contributed by atoms with Crippen LogP contribution in [-0.4, -0.2) is 36.3 Å². The zero-order valence-corrected chi connectivity index (χ0v) is 12.5. The highest BCUT2D eigenvalue weighted by molar-refractivity contribution is 5.96. The summed E-state index contributed by atoms with van der Waals surface area (Å²) in [6, 6.07) is 5.30. The molecule has 6 heteroatoms. The highest BCUT2D eigenvalue weighted by atomic mass is 35.5. The molecular formula is C14H20ClN3O2. The smallest absolute Gasteiger partial charge is 0.251 e. The Labute approximate surface area is 124 Å². The van der Waals surface area contributed by atoms with Crippen LogP contribution in [0, 0.1) is 6.92 Å². The van der Waals surface area contributed by atoms with Crippen molar-refractivity contribution in [2.75, 3.05) is 19.3 Å². The molecule has 1 fully saturated rings. The summed E-state index contributed by atoms with van der Waals surface area (Å²) < 4.78 is 0. The molecule has 1 atom stereocenters. The highest BCUT2D eigenvalue weighted by Crippen LogP contribution is 2.14. The van der Waals surface area contributed by atoms with E-state index >= 15 is 0 Å². The topological polar surface area (TPSA) is 75.4 Å². The molecule has 1 saturated heterocycles. The third kappa shape index (κ3) is 3.63. The molecule has 1 aromatic carbocycles. The van der Waals surface area contributed by atoms with Crippen molar-refractivity contribution in [3.05, 3.63) is 29.3 Å². The van der Waals surface area contributed by atoms with Gasteiger partial charge in [-0.15, -0.1) is 12.4 Å². The van der Waals surface area contributed by atoms with Crippen LogP contribution >= 0.6 is 12.4 Å². The first-order valence-corrected chi connectivity index (χ1v) is 6.38. The van der Waals surface area contributed by atoms with Crippen molar-refractivity contribution in [3.8, 4) is 0 Å². The Morgan fingerprint density at radius 3 is 2.80 bits per heavy atom. The second-order valence-corrected chi connectivity index (χ2v) is 5.06. The van der Waals surface area contributed by atoms with E-state index in [4.69, 9.17) is 5.73 Å². The molecule has 5 nitrogen and oxygen atoms in total. The quantitative estimate of drug-likeness (QED) is 0.809. The molecule has 20 heavy (non-hydrogen) atoms. The lowest BCUT2D eigenvalue weighted by Crippen LogP contribution is -2.48. The number of halogens is 1. The number of amides is 2. The van der Waals surface area contributed by atoms with Crippen LogP contribution in [0.4, 0.5) is 5.69 Å². The van der Waals surface area contributed by atoms with Gasteiger partial charge >= 0.3 is 0 Å². The molecule has 1 aliphatic heterocycles. The first kappa shape index (κ1) is 16.3. The Morgan fingerprint density at radius 2 is 2.15 bits per heavy atom. The van der Waals surface area contributed by atoms with Gasteiger partial charge in [0.05, 0.1) is 0 Å². The lowest BCUT2D eigenvalue weighted by atomic mass is 10.0. The van der Waals surface area contributed by atoms with Crippen molar-refractivity contribution < 1.29 is 9.59 Å². The summed E-state index contributed by atoms with van der Waals surface area (Å²) in [5, 5.41) is 2.97. The number of hydrogen-bond acceptors (Lipinski definition) is 3. The Morgan fingerprint density at radius 1 is 1.45 bits per heavy atom. The number of piperidine rings is 1. The summed E-state index contributed by atoms with van der Waals surface area (Å²) in [4.78, 5) is 25.2. The van der Waals surface area contributed by atoms with Crippen LogP contribution in [0.1, 0.15) is 28.8 Å². The zero-order chi connectivity index (χ0) is 14.0. The van der Waals surface area contributed by atoms with Crippen LogP contribution in [0.2, 0.25) is 0 Å². The summed E-state index contributed by atoms with van der Waals surface area (Å²) in [6.07, 6.45) is 1.17. The van der Waals surface area contributed by atoms with E-state index in [1.54, 1.807) is 24.1 Å². The number of likely N-dealkylation sites (tertiary alicyclic amines) is 1. The van der Waals surface area contributed by atoms with Crippen molar-refractivity contribution in [3.63, 3.8) is 0 Å². The first-order valence-electron chi connectivity index (χ1n) is 6.38. The van der Waals surface area contributed by atoms with E-state index in [-0.39, 0.29) is 30.3 Å². The molecule has 110 valence electrons. The zero-order valence-electron chi connectivity index (χ0n) is 11.7. The number of nitrogens with two attached hydrogens (primary N) is 1. The molecule has 1 unspecified atom stereocenters. The van der Waals surface area contributed by atoms with Gasteiger partial charge in [-0.3, -0.25) is 9.59 Å². The fraction of sp³-hybridized carbons (Fsp3) is 0.429. The van der Waals surface area contributed by atoms with Crippen LogP contribution in [0.5, 0.6) is 0 Å². The van der Waals surface area contributed by atoms with Crippen LogP contribution in [-0.2, 0) is 4.79 Å². The summed E-state index contributed by atoms with van der Waals surface area (Å²) in [5.74, 6) is 0.00295. The monoisotopic (exact) mass is 297 g/mol. The van der Waals surface area contributed by atoms with Gasteiger partial charge in [-0.25, -0.2) is 0 Å². The number of rotatable bonds is 2. The van der Waals surface area contributed by atoms with Crippen LogP contribution < -0.4 is 11.1 Å². The molecule has 0 bridgehead atoms. The number of nitrogens with one attached hydrogen (secondary N) is 1. The summed E-state index contributed by atoms with van der Waals surface area (Å²) >= 11 is 0. The molecular weight excluding hydrogens is 278 g/mol. The Balaban J connectivity index is 0.00000200. The highest BCUT2D eigenvalue weighted by Gasteiger charge is 2.24. The second-order valence-electron chi connectivity index (χ2n) is 5.06. The standard InChI is InChI=1S/C14H19N3O2.ClH/c1-9-3-4-10(15)7-12(9)14(19)16-11-5-6-13(18)17(2)8-11;/h3-4,7,11H,5-6,8,15H2,1-2H3,(H,16,19);1H. The fourth-order valence-electron chi connectivity index (χ4n) is 2.28. The molecule has 0 radical (unpaired) electrons. The lowest BCUT2D eigenvalue weighted by Gasteiger charge is -2.30. The number of aryl methyl sites for hydroxylation is 1. The van der Waals surface area contributed by atoms with Gasteiger partial charge in [0, 0.05) is 37.3 Å². The van der Waals surface area contributed by atoms with E-state index in [1.807, 2.05) is 13.0 Å². The van der Waals surface area contributed by atoms with E-state index in [1.165, 1.54) is 0 Å². The summed E-state index contributed by atoms with van der Waals surface area (Å²) in [6.45, 7) is 2.44. The predicted molar refractivity (Wildman–Crippen MR) is 81.0 cm³/mol. The molecule has 0 aliphatic carbocycles. The van der Waals surface area contributed by atoms with E-state index in [9.17, 15) is 9.59 Å². The SMILES string of the molecule is Cc1ccc(N)cc1C(=O)NC1CCC(=O)N(C)C1.Cl. The van der Waals surface area contributed by atoms with Gasteiger partial charge in [0.2, 0.25) is 5.91 Å². The molecule has 1 heterocycles. The molecule has 1 aromatic rings. The number of nitrogen functional groups attached to an aromatic ring is 1. The fourth-order valence-corrected chi connectivity index (χ4v) is 2.28. The molecule has 3 N–H and O–H groups in total. The van der Waals surface area contributed by atoms with Crippen molar-refractivity contribution in [2.45, 2.75) is 25.8 Å². The summed E-state index contributed by atoms with van der Waals surface area (Å²) in [7, 11) is 1.76. The molecule has 2 amide bonds. The minimum absolute atomic E-state index is 0. The van der Waals surface area contributed by atoms with E-state index < -0.39 is 0 Å². The molecule has 0 saturated carbocycles. The van der Waals surface area contributed by atoms with Gasteiger partial charge in [-0.1, -0.05) is 6.07 Å². The first-order chi connectivity index (χ1) is 8.97. The van der Waals surface area contributed by atoms with Crippen LogP contribution in [0.3, 0.4) is 0 Å². The number of anilines is 1. The third-order valence-corrected chi connectivity index (χ3v) is 3.47. The van der Waals surface area contributed by atoms with Crippen molar-refractivity contribution in [1.82, 2.24) is 10.2 Å². The third-order valence-electron chi connectivity index (χ3n) is 3.47. The number of benzene rings is 1. The molecule has 0 aromatic heterocycles. The number of nitrogens with zero attached hydrogens (tertiary/aromatic N) is 1. The van der Waals surface area contributed by atoms with Crippen molar-refractivity contribution in [1.29, 1.82) is 0 Å². The van der Waals surface area contributed by atoms with Crippen LogP contribution in [0.15, 0.2) is 18.2 Å². The minimum Gasteiger partial charge on any atom is -0.399 e. The van der Waals surface area contributed by atoms with Crippen molar-refractivity contribution in [2.24, 2.45) is 0 Å². The normalized spacial score (nSPS) is 18.4. The van der Waals surface area contributed by atoms with Gasteiger partial charge < -0.3 is 16.0 Å². The maximum atomic E-state index is 12.2. The molecule has 2 rings (SSSR count). The van der Waals surface area contributed by atoms with Gasteiger partial charge in [-0.05, 0) is 31.0 Å². The van der Waals surface area contributed by atoms with Gasteiger partial charge in [0.15, 0.2) is 0 Å². The molecule has 1 aliphatic rings. The summed E-state index contributed by atoms with van der Waals surface area (Å²) in [5.41, 5.74) is 7.77. The van der Waals surface area contributed by atoms with Gasteiger partial charge in [0.1, 0.15) is 0 Å². The number of carbonyl (C=O) groups is 2. The second kappa shape index (κ2) is 6.61. The maximum Gasteiger partial charge on any atom is 0.251 e. The Kier molecular flexibility index (Phi) is 5.39. The predicted octanol–water partition coefficient (Wildman–Crippen LogP) is 1.35. The largest absolute Gasteiger partial charge is 0.399 e. The van der Waals surface area contributed by atoms with Crippen LogP contribution in [0.25, 0.3) is 0 Å². The van der Waals surface area contributed by atoms with E-state index in [0.29, 0.717) is 30.6 Å². The Hall–Kier alpha value is -1.75. The maximum absolute atomic E-state index is 12.2. The average Bonchev–Trinajstić information content (AvgIpc) is 2.36. The average molecular weight is 298 g/mol. The van der Waals surface area contributed by atoms with Gasteiger partial charge in [0.25, 0.3) is 5.91 Å². The Bertz CT molecular complexity index is 519. The van der Waals surface area contributed by atoms with Gasteiger partial charge in [-0.2, -0.15) is 0 Å².